The van der Waals surface area contributed by atoms with Crippen LogP contribution in [0.15, 0.2) is 35.8 Å². The number of nitrogens with one attached hydrogen (secondary N) is 1. The minimum Gasteiger partial charge on any atom is -0.397 e. The van der Waals surface area contributed by atoms with E-state index in [0.29, 0.717) is 0 Å². The zero-order valence-electron chi connectivity index (χ0n) is 11.3. The summed E-state index contributed by atoms with van der Waals surface area (Å²) in [4.78, 5) is 8.75. The Morgan fingerprint density at radius 2 is 2.20 bits per heavy atom. The van der Waals surface area contributed by atoms with Crippen molar-refractivity contribution in [3.05, 3.63) is 46.5 Å². The molecule has 2 heterocycles. The van der Waals surface area contributed by atoms with E-state index in [4.69, 9.17) is 5.73 Å². The Morgan fingerprint density at radius 1 is 1.30 bits per heavy atom. The fourth-order valence-electron chi connectivity index (χ4n) is 2.15. The smallest absolute Gasteiger partial charge is 0.0945 e. The van der Waals surface area contributed by atoms with Crippen molar-refractivity contribution in [2.75, 3.05) is 17.6 Å². The number of aryl methyl sites for hydroxylation is 1. The molecule has 0 saturated heterocycles. The molecule has 5 heteroatoms. The van der Waals surface area contributed by atoms with E-state index in [-0.39, 0.29) is 0 Å². The summed E-state index contributed by atoms with van der Waals surface area (Å²) in [5.41, 5.74) is 9.91. The summed E-state index contributed by atoms with van der Waals surface area (Å²) in [7, 11) is 0. The summed E-state index contributed by atoms with van der Waals surface area (Å²) in [5, 5.41) is 7.59. The first-order chi connectivity index (χ1) is 9.74. The Labute approximate surface area is 121 Å². The van der Waals surface area contributed by atoms with Gasteiger partial charge in [0.15, 0.2) is 0 Å². The number of hydrogen-bond acceptors (Lipinski definition) is 5. The molecule has 102 valence electrons. The molecule has 3 aromatic rings. The highest BCUT2D eigenvalue weighted by atomic mass is 32.1. The molecule has 4 nitrogen and oxygen atoms in total. The van der Waals surface area contributed by atoms with Crippen LogP contribution in [0.4, 0.5) is 11.4 Å². The average molecular weight is 284 g/mol. The van der Waals surface area contributed by atoms with E-state index in [1.54, 1.807) is 17.5 Å². The lowest BCUT2D eigenvalue weighted by atomic mass is 10.1. The van der Waals surface area contributed by atoms with Crippen molar-refractivity contribution in [1.82, 2.24) is 9.97 Å². The average Bonchev–Trinajstić information content (AvgIpc) is 2.87. The van der Waals surface area contributed by atoms with Gasteiger partial charge in [-0.3, -0.25) is 4.98 Å². The summed E-state index contributed by atoms with van der Waals surface area (Å²) in [6, 6.07) is 7.87. The molecule has 0 radical (unpaired) electrons. The van der Waals surface area contributed by atoms with Crippen molar-refractivity contribution >= 4 is 33.6 Å². The number of anilines is 2. The number of benzene rings is 1. The predicted molar refractivity (Wildman–Crippen MR) is 85.2 cm³/mol. The van der Waals surface area contributed by atoms with E-state index in [1.165, 1.54) is 0 Å². The van der Waals surface area contributed by atoms with E-state index in [0.717, 1.165) is 45.9 Å². The van der Waals surface area contributed by atoms with Crippen LogP contribution in [0, 0.1) is 6.92 Å². The van der Waals surface area contributed by atoms with Crippen molar-refractivity contribution in [1.29, 1.82) is 0 Å². The lowest BCUT2D eigenvalue weighted by Crippen LogP contribution is -2.07. The van der Waals surface area contributed by atoms with Gasteiger partial charge in [-0.25, -0.2) is 4.98 Å². The van der Waals surface area contributed by atoms with Gasteiger partial charge < -0.3 is 11.1 Å². The molecule has 0 aliphatic carbocycles. The molecular formula is C15H16N4S. The third-order valence-electron chi connectivity index (χ3n) is 3.15. The van der Waals surface area contributed by atoms with Gasteiger partial charge in [-0.15, -0.1) is 11.3 Å². The van der Waals surface area contributed by atoms with Gasteiger partial charge in [-0.05, 0) is 31.2 Å². The van der Waals surface area contributed by atoms with Crippen LogP contribution in [0.3, 0.4) is 0 Å². The topological polar surface area (TPSA) is 63.8 Å². The minimum absolute atomic E-state index is 0.755. The molecular weight excluding hydrogens is 268 g/mol. The van der Waals surface area contributed by atoms with E-state index in [2.05, 4.69) is 20.7 Å². The third-order valence-corrected chi connectivity index (χ3v) is 4.17. The van der Waals surface area contributed by atoms with Crippen LogP contribution in [0.25, 0.3) is 10.9 Å². The van der Waals surface area contributed by atoms with Crippen LogP contribution in [-0.2, 0) is 6.42 Å². The number of nitrogen functional groups attached to an aromatic ring is 1. The second-order valence-corrected chi connectivity index (χ2v) is 5.60. The molecule has 2 aromatic heterocycles. The van der Waals surface area contributed by atoms with E-state index in [9.17, 15) is 0 Å². The highest BCUT2D eigenvalue weighted by molar-refractivity contribution is 7.09. The van der Waals surface area contributed by atoms with Gasteiger partial charge in [-0.1, -0.05) is 0 Å². The van der Waals surface area contributed by atoms with Crippen LogP contribution < -0.4 is 11.1 Å². The molecule has 0 unspecified atom stereocenters. The quantitative estimate of drug-likeness (QED) is 0.722. The molecule has 20 heavy (non-hydrogen) atoms. The van der Waals surface area contributed by atoms with Gasteiger partial charge in [-0.2, -0.15) is 0 Å². The number of hydrogen-bond donors (Lipinski definition) is 2. The maximum atomic E-state index is 6.19. The maximum Gasteiger partial charge on any atom is 0.0945 e. The number of pyridine rings is 1. The number of aromatic nitrogens is 2. The molecule has 0 saturated carbocycles. The first kappa shape index (κ1) is 12.9. The van der Waals surface area contributed by atoms with Crippen molar-refractivity contribution in [3.8, 4) is 0 Å². The molecule has 3 rings (SSSR count). The van der Waals surface area contributed by atoms with Crippen LogP contribution in [0.1, 0.15) is 10.7 Å². The number of rotatable bonds is 4. The summed E-state index contributed by atoms with van der Waals surface area (Å²) in [5.74, 6) is 0. The second kappa shape index (κ2) is 5.46. The van der Waals surface area contributed by atoms with Crippen molar-refractivity contribution in [2.24, 2.45) is 0 Å². The number of nitrogens with zero attached hydrogens (tertiary/aromatic N) is 2. The molecule has 3 N–H and O–H groups in total. The van der Waals surface area contributed by atoms with Crippen molar-refractivity contribution in [3.63, 3.8) is 0 Å². The predicted octanol–water partition coefficient (Wildman–Crippen LogP) is 3.24. The Morgan fingerprint density at radius 3 is 3.00 bits per heavy atom. The fraction of sp³-hybridized carbons (Fsp3) is 0.200. The van der Waals surface area contributed by atoms with Gasteiger partial charge in [0, 0.05) is 35.6 Å². The zero-order valence-corrected chi connectivity index (χ0v) is 12.1. The lowest BCUT2D eigenvalue weighted by molar-refractivity contribution is 0.988. The van der Waals surface area contributed by atoms with Gasteiger partial charge in [0.05, 0.1) is 21.9 Å². The fourth-order valence-corrected chi connectivity index (χ4v) is 2.93. The van der Waals surface area contributed by atoms with E-state index < -0.39 is 0 Å². The monoisotopic (exact) mass is 284 g/mol. The molecule has 0 spiro atoms. The Kier molecular flexibility index (Phi) is 3.52. The summed E-state index contributed by atoms with van der Waals surface area (Å²) in [6.07, 6.45) is 2.68. The van der Waals surface area contributed by atoms with Crippen LogP contribution in [-0.4, -0.2) is 16.5 Å². The summed E-state index contributed by atoms with van der Waals surface area (Å²) < 4.78 is 0. The van der Waals surface area contributed by atoms with Gasteiger partial charge >= 0.3 is 0 Å². The lowest BCUT2D eigenvalue weighted by Gasteiger charge is -2.10. The normalized spacial score (nSPS) is 10.8. The number of nitrogens with two attached hydrogens (primary N) is 1. The molecule has 0 amide bonds. The minimum atomic E-state index is 0.755. The van der Waals surface area contributed by atoms with Crippen molar-refractivity contribution in [2.45, 2.75) is 13.3 Å². The largest absolute Gasteiger partial charge is 0.397 e. The molecule has 0 fully saturated rings. The molecule has 0 aliphatic rings. The van der Waals surface area contributed by atoms with Gasteiger partial charge in [0.25, 0.3) is 0 Å². The van der Waals surface area contributed by atoms with Gasteiger partial charge in [0.1, 0.15) is 0 Å². The van der Waals surface area contributed by atoms with E-state index in [1.807, 2.05) is 31.2 Å². The Bertz CT molecular complexity index is 736. The van der Waals surface area contributed by atoms with Crippen LogP contribution in [0.2, 0.25) is 0 Å². The molecule has 0 bridgehead atoms. The standard InChI is InChI=1S/C15H16N4S/c1-10-9-20-14(19-10)6-8-18-13-5-4-12-11(15(13)16)3-2-7-17-12/h2-5,7,9,18H,6,8,16H2,1H3. The highest BCUT2D eigenvalue weighted by Gasteiger charge is 2.05. The molecule has 0 atom stereocenters. The number of thiazole rings is 1. The summed E-state index contributed by atoms with van der Waals surface area (Å²) >= 11 is 1.70. The zero-order chi connectivity index (χ0) is 13.9. The first-order valence-electron chi connectivity index (χ1n) is 6.52. The Hall–Kier alpha value is -2.14. The second-order valence-electron chi connectivity index (χ2n) is 4.66. The van der Waals surface area contributed by atoms with Crippen LogP contribution in [0.5, 0.6) is 0 Å². The summed E-state index contributed by atoms with van der Waals surface area (Å²) in [6.45, 7) is 2.84. The highest BCUT2D eigenvalue weighted by Crippen LogP contribution is 2.27. The van der Waals surface area contributed by atoms with Crippen LogP contribution >= 0.6 is 11.3 Å². The van der Waals surface area contributed by atoms with E-state index >= 15 is 0 Å². The molecule has 1 aromatic carbocycles. The molecule has 0 aliphatic heterocycles. The van der Waals surface area contributed by atoms with Crippen molar-refractivity contribution < 1.29 is 0 Å². The maximum absolute atomic E-state index is 6.19. The first-order valence-corrected chi connectivity index (χ1v) is 7.40. The Balaban J connectivity index is 1.73. The van der Waals surface area contributed by atoms with Gasteiger partial charge in [0.2, 0.25) is 0 Å². The third kappa shape index (κ3) is 2.58. The SMILES string of the molecule is Cc1csc(CCNc2ccc3ncccc3c2N)n1. The number of fused-ring (bicyclic) bond motifs is 1.